The van der Waals surface area contributed by atoms with Gasteiger partial charge in [0.1, 0.15) is 42.4 Å². The van der Waals surface area contributed by atoms with Crippen molar-refractivity contribution < 1.29 is 123 Å². The van der Waals surface area contributed by atoms with Crippen LogP contribution in [0, 0.1) is 11.8 Å². The number of aliphatic hydroxyl groups excluding tert-OH is 1. The second-order valence-corrected chi connectivity index (χ2v) is 20.5. The normalized spacial score (nSPS) is 29.7. The summed E-state index contributed by atoms with van der Waals surface area (Å²) in [6, 6.07) is 7.96. The average Bonchev–Trinajstić information content (AvgIpc) is 3.09. The Morgan fingerprint density at radius 3 is 1.40 bits per heavy atom. The molecular weight excluding hydrogens is 942 g/mol. The molecule has 28 nitrogen and oxygen atoms in total. The molecular formula is C26H42N2O26P6. The zero-order valence-corrected chi connectivity index (χ0v) is 35.8. The molecule has 2 bridgehead atoms. The summed E-state index contributed by atoms with van der Waals surface area (Å²) in [7, 11) is -34.4. The lowest BCUT2D eigenvalue weighted by atomic mass is 9.73. The lowest BCUT2D eigenvalue weighted by Crippen LogP contribution is -2.66. The van der Waals surface area contributed by atoms with Crippen molar-refractivity contribution in [3.8, 4) is 5.75 Å². The van der Waals surface area contributed by atoms with E-state index in [0.29, 0.717) is 11.8 Å². The third-order valence-electron chi connectivity index (χ3n) is 9.32. The van der Waals surface area contributed by atoms with Crippen LogP contribution in [0.25, 0.3) is 10.9 Å². The van der Waals surface area contributed by atoms with Gasteiger partial charge in [0.05, 0.1) is 18.7 Å². The van der Waals surface area contributed by atoms with Crippen molar-refractivity contribution in [1.82, 2.24) is 9.88 Å². The predicted octanol–water partition coefficient (Wildman–Crippen LogP) is 0.0406. The molecule has 0 amide bonds. The van der Waals surface area contributed by atoms with Gasteiger partial charge < -0.3 is 68.6 Å². The van der Waals surface area contributed by atoms with Gasteiger partial charge in [-0.1, -0.05) is 6.08 Å². The van der Waals surface area contributed by atoms with E-state index in [-0.39, 0.29) is 6.04 Å². The zero-order chi connectivity index (χ0) is 45.4. The number of ether oxygens (including phenoxy) is 1. The molecule has 1 saturated carbocycles. The maximum atomic E-state index is 11.4. The van der Waals surface area contributed by atoms with Crippen molar-refractivity contribution >= 4 is 57.8 Å². The minimum atomic E-state index is -6.02. The van der Waals surface area contributed by atoms with E-state index in [0.717, 1.165) is 41.7 Å². The fourth-order valence-corrected chi connectivity index (χ4v) is 10.6. The van der Waals surface area contributed by atoms with Crippen molar-refractivity contribution in [2.45, 2.75) is 61.6 Å². The van der Waals surface area contributed by atoms with Crippen LogP contribution < -0.4 is 4.74 Å². The van der Waals surface area contributed by atoms with Crippen molar-refractivity contribution in [3.63, 3.8) is 0 Å². The van der Waals surface area contributed by atoms with Crippen LogP contribution in [0.3, 0.4) is 0 Å². The van der Waals surface area contributed by atoms with E-state index < -0.39 is 89.7 Å². The first kappa shape index (κ1) is 51.4. The quantitative estimate of drug-likeness (QED) is 0.0780. The summed E-state index contributed by atoms with van der Waals surface area (Å²) in [6.45, 7) is 6.07. The molecule has 1 unspecified atom stereocenters. The fourth-order valence-electron chi connectivity index (χ4n) is 7.24. The SMILES string of the molecule is C=C[C@H]1CN2CC[C@H]1C[C@@H]2[C@@H](O)c1ccnc2ccc(OC)cc12.O=P(O)(O)OC1C(OP(=O)(O)O)C(OP(=O)(O)O)C(OP(=O)(O)O)C(OP(=O)(O)O)C1OP(=O)(O)O. The molecule has 1 aromatic carbocycles. The highest BCUT2D eigenvalue weighted by Gasteiger charge is 2.62. The number of hydrogen-bond acceptors (Lipinski definition) is 16. The van der Waals surface area contributed by atoms with Gasteiger partial charge in [0.2, 0.25) is 0 Å². The van der Waals surface area contributed by atoms with Gasteiger partial charge in [-0.25, -0.2) is 27.4 Å². The third-order valence-corrected chi connectivity index (χ3v) is 12.4. The Morgan fingerprint density at radius 1 is 0.683 bits per heavy atom. The average molecular weight is 984 g/mol. The molecule has 34 heteroatoms. The smallest absolute Gasteiger partial charge is 0.470 e. The third kappa shape index (κ3) is 14.9. The maximum Gasteiger partial charge on any atom is 0.470 e. The van der Waals surface area contributed by atoms with Crippen LogP contribution in [0.4, 0.5) is 0 Å². The van der Waals surface area contributed by atoms with E-state index in [2.05, 4.69) is 49.7 Å². The van der Waals surface area contributed by atoms with Crippen LogP contribution in [0.1, 0.15) is 24.5 Å². The largest absolute Gasteiger partial charge is 0.497 e. The zero-order valence-electron chi connectivity index (χ0n) is 30.5. The molecule has 6 rings (SSSR count). The van der Waals surface area contributed by atoms with Crippen LogP contribution in [0.15, 0.2) is 43.1 Å². The van der Waals surface area contributed by atoms with Crippen LogP contribution in [0.5, 0.6) is 5.75 Å². The highest BCUT2D eigenvalue weighted by Crippen LogP contribution is 2.57. The number of hydrogen-bond donors (Lipinski definition) is 13. The molecule has 2 aromatic rings. The Kier molecular flexibility index (Phi) is 16.7. The minimum absolute atomic E-state index is 0.178. The first-order valence-corrected chi connectivity index (χ1v) is 25.9. The molecule has 3 saturated heterocycles. The molecule has 60 heavy (non-hydrogen) atoms. The Bertz CT molecular complexity index is 1900. The maximum absolute atomic E-state index is 11.4. The van der Waals surface area contributed by atoms with E-state index in [1.807, 2.05) is 24.3 Å². The summed E-state index contributed by atoms with van der Waals surface area (Å²) in [5.74, 6) is 2.01. The number of phosphoric acid groups is 6. The van der Waals surface area contributed by atoms with E-state index in [9.17, 15) is 32.5 Å². The second-order valence-electron chi connectivity index (χ2n) is 13.3. The highest BCUT2D eigenvalue weighted by atomic mass is 31.2. The molecule has 342 valence electrons. The van der Waals surface area contributed by atoms with Crippen molar-refractivity contribution in [1.29, 1.82) is 0 Å². The Labute approximate surface area is 338 Å². The van der Waals surface area contributed by atoms with Crippen molar-refractivity contribution in [2.24, 2.45) is 11.8 Å². The number of fused-ring (bicyclic) bond motifs is 4. The molecule has 1 aliphatic carbocycles. The lowest BCUT2D eigenvalue weighted by molar-refractivity contribution is -0.202. The number of benzene rings is 1. The number of pyridine rings is 1. The summed E-state index contributed by atoms with van der Waals surface area (Å²) in [5.41, 5.74) is 1.85. The molecule has 0 radical (unpaired) electrons. The highest BCUT2D eigenvalue weighted by molar-refractivity contribution is 7.47. The fraction of sp³-hybridized carbons (Fsp3) is 0.577. The van der Waals surface area contributed by atoms with Gasteiger partial charge in [-0.3, -0.25) is 37.0 Å². The number of aliphatic hydroxyl groups is 1. The standard InChI is InChI=1S/C20H24N2O2.C6H18O24P6/c1-3-13-12-22-9-7-14(13)10-19(22)20(23)16-6-8-21-18-5-4-15(24-2)11-17(16)18;7-31(8,9)25-1-2(26-32(10,11)12)4(28-34(16,17)18)6(30-36(22,23)24)5(29-35(19,20)21)3(1)27-33(13,14)15/h3-6,8,11,13-14,19-20,23H,1,7,9-10,12H2,2H3;1-6H,(H2,7,8,9)(H2,10,11,12)(H2,13,14,15)(H2,16,17,18)(H2,19,20,21)(H2,22,23,24)/t13-,14-,19+,20-;/m0./s1. The van der Waals surface area contributed by atoms with Crippen LogP contribution in [0.2, 0.25) is 0 Å². The van der Waals surface area contributed by atoms with Gasteiger partial charge in [-0.2, -0.15) is 0 Å². The second kappa shape index (κ2) is 19.5. The van der Waals surface area contributed by atoms with Crippen LogP contribution in [-0.4, -0.2) is 137 Å². The molecule has 5 atom stereocenters. The molecule has 4 heterocycles. The predicted molar refractivity (Wildman–Crippen MR) is 197 cm³/mol. The van der Waals surface area contributed by atoms with Crippen molar-refractivity contribution in [2.75, 3.05) is 20.2 Å². The number of nitrogens with zero attached hydrogens (tertiary/aromatic N) is 2. The topological polar surface area (TPSA) is 446 Å². The first-order chi connectivity index (χ1) is 27.3. The van der Waals surface area contributed by atoms with Crippen LogP contribution in [-0.2, 0) is 54.5 Å². The first-order valence-electron chi connectivity index (χ1n) is 16.7. The molecule has 1 aromatic heterocycles. The number of phosphoric ester groups is 6. The molecule has 13 N–H and O–H groups in total. The molecule has 0 spiro atoms. The summed E-state index contributed by atoms with van der Waals surface area (Å²) in [4.78, 5) is 117. The van der Waals surface area contributed by atoms with Gasteiger partial charge in [0.25, 0.3) is 0 Å². The Hall–Kier alpha value is -1.25. The summed E-state index contributed by atoms with van der Waals surface area (Å²) < 4.78 is 98.5. The molecule has 3 aliphatic heterocycles. The van der Waals surface area contributed by atoms with E-state index in [1.54, 1.807) is 13.3 Å². The lowest BCUT2D eigenvalue weighted by Gasteiger charge is -2.50. The van der Waals surface area contributed by atoms with Crippen molar-refractivity contribution in [3.05, 3.63) is 48.7 Å². The number of piperidine rings is 3. The van der Waals surface area contributed by atoms with Gasteiger partial charge >= 0.3 is 46.9 Å². The Balaban J connectivity index is 0.000000283. The van der Waals surface area contributed by atoms with Gasteiger partial charge in [-0.15, -0.1) is 6.58 Å². The van der Waals surface area contributed by atoms with E-state index in [1.165, 1.54) is 6.42 Å². The monoisotopic (exact) mass is 984 g/mol. The molecule has 4 aliphatic rings. The van der Waals surface area contributed by atoms with Gasteiger partial charge in [0, 0.05) is 24.2 Å². The van der Waals surface area contributed by atoms with Gasteiger partial charge in [-0.05, 0) is 61.1 Å². The summed E-state index contributed by atoms with van der Waals surface area (Å²) >= 11 is 0. The summed E-state index contributed by atoms with van der Waals surface area (Å²) in [5, 5.41) is 12.1. The van der Waals surface area contributed by atoms with Crippen LogP contribution >= 0.6 is 46.9 Å². The van der Waals surface area contributed by atoms with E-state index in [4.69, 9.17) is 63.5 Å². The number of rotatable bonds is 16. The van der Waals surface area contributed by atoms with Gasteiger partial charge in [0.15, 0.2) is 0 Å². The molecule has 4 fully saturated rings. The minimum Gasteiger partial charge on any atom is -0.497 e. The van der Waals surface area contributed by atoms with E-state index >= 15 is 0 Å². The Morgan fingerprint density at radius 2 is 1.08 bits per heavy atom. The number of methoxy groups -OCH3 is 1. The number of aromatic nitrogens is 1. The summed E-state index contributed by atoms with van der Waals surface area (Å²) in [6.07, 6.45) is -13.2.